The van der Waals surface area contributed by atoms with Crippen molar-refractivity contribution in [1.82, 2.24) is 0 Å². The molecule has 0 aliphatic heterocycles. The van der Waals surface area contributed by atoms with Gasteiger partial charge in [-0.05, 0) is 37.3 Å². The molecule has 0 aliphatic rings. The molecule has 0 saturated carbocycles. The SMILES string of the molecule is CCOC(=O)c1cccc(Nc2cc(C)[nH+]c3ccc(C(=O)OC)cc23)c1. The lowest BCUT2D eigenvalue weighted by molar-refractivity contribution is -0.354. The molecule has 0 spiro atoms. The summed E-state index contributed by atoms with van der Waals surface area (Å²) in [6.07, 6.45) is 0. The van der Waals surface area contributed by atoms with Crippen LogP contribution in [-0.2, 0) is 9.47 Å². The van der Waals surface area contributed by atoms with Crippen molar-refractivity contribution in [1.29, 1.82) is 0 Å². The third kappa shape index (κ3) is 4.06. The van der Waals surface area contributed by atoms with Gasteiger partial charge in [0, 0.05) is 24.7 Å². The van der Waals surface area contributed by atoms with E-state index in [9.17, 15) is 9.59 Å². The lowest BCUT2D eigenvalue weighted by Gasteiger charge is -2.10. The van der Waals surface area contributed by atoms with Gasteiger partial charge in [0.25, 0.3) is 0 Å². The molecule has 3 aromatic rings. The van der Waals surface area contributed by atoms with Crippen LogP contribution in [-0.4, -0.2) is 25.7 Å². The summed E-state index contributed by atoms with van der Waals surface area (Å²) in [5.74, 6) is -0.760. The summed E-state index contributed by atoms with van der Waals surface area (Å²) in [5.41, 5.74) is 4.33. The summed E-state index contributed by atoms with van der Waals surface area (Å²) in [4.78, 5) is 27.1. The highest BCUT2D eigenvalue weighted by molar-refractivity contribution is 5.99. The predicted octanol–water partition coefficient (Wildman–Crippen LogP) is 3.67. The first-order chi connectivity index (χ1) is 13.0. The van der Waals surface area contributed by atoms with Gasteiger partial charge in [0.1, 0.15) is 0 Å². The average molecular weight is 365 g/mol. The Balaban J connectivity index is 2.02. The van der Waals surface area contributed by atoms with Gasteiger partial charge in [-0.3, -0.25) is 0 Å². The topological polar surface area (TPSA) is 78.8 Å². The molecule has 0 fully saturated rings. The highest BCUT2D eigenvalue weighted by Gasteiger charge is 2.14. The molecule has 6 heteroatoms. The number of carbonyl (C=O) groups is 2. The minimum absolute atomic E-state index is 0.325. The maximum absolute atomic E-state index is 12.0. The molecule has 0 atom stereocenters. The van der Waals surface area contributed by atoms with E-state index >= 15 is 0 Å². The van der Waals surface area contributed by atoms with E-state index in [0.29, 0.717) is 17.7 Å². The number of benzene rings is 2. The zero-order chi connectivity index (χ0) is 19.4. The van der Waals surface area contributed by atoms with E-state index in [1.165, 1.54) is 7.11 Å². The van der Waals surface area contributed by atoms with Crippen LogP contribution in [0.2, 0.25) is 0 Å². The molecule has 138 valence electrons. The second-order valence-electron chi connectivity index (χ2n) is 6.04. The number of fused-ring (bicyclic) bond motifs is 1. The zero-order valence-electron chi connectivity index (χ0n) is 15.5. The molecule has 0 amide bonds. The van der Waals surface area contributed by atoms with Crippen molar-refractivity contribution in [3.63, 3.8) is 0 Å². The molecule has 0 radical (unpaired) electrons. The number of nitrogens with one attached hydrogen (secondary N) is 2. The Bertz CT molecular complexity index is 1010. The first kappa shape index (κ1) is 18.4. The van der Waals surface area contributed by atoms with Crippen LogP contribution >= 0.6 is 0 Å². The summed E-state index contributed by atoms with van der Waals surface area (Å²) < 4.78 is 9.87. The van der Waals surface area contributed by atoms with Gasteiger partial charge in [0.15, 0.2) is 5.69 Å². The van der Waals surface area contributed by atoms with Gasteiger partial charge >= 0.3 is 11.9 Å². The van der Waals surface area contributed by atoms with Crippen LogP contribution in [0.5, 0.6) is 0 Å². The number of ether oxygens (including phenoxy) is 2. The summed E-state index contributed by atoms with van der Waals surface area (Å²) in [6.45, 7) is 4.05. The number of hydrogen-bond donors (Lipinski definition) is 1. The number of carbonyl (C=O) groups excluding carboxylic acids is 2. The third-order valence-corrected chi connectivity index (χ3v) is 4.08. The van der Waals surface area contributed by atoms with Gasteiger partial charge < -0.3 is 14.8 Å². The van der Waals surface area contributed by atoms with Crippen molar-refractivity contribution in [2.75, 3.05) is 19.0 Å². The Labute approximate surface area is 157 Å². The second kappa shape index (κ2) is 7.86. The third-order valence-electron chi connectivity index (χ3n) is 4.08. The molecule has 0 bridgehead atoms. The number of pyridine rings is 1. The highest BCUT2D eigenvalue weighted by Crippen LogP contribution is 2.26. The predicted molar refractivity (Wildman–Crippen MR) is 102 cm³/mol. The molecule has 1 aromatic heterocycles. The number of aromatic nitrogens is 1. The van der Waals surface area contributed by atoms with Crippen molar-refractivity contribution in [3.05, 3.63) is 65.4 Å². The molecule has 2 N–H and O–H groups in total. The fraction of sp³-hybridized carbons (Fsp3) is 0.190. The number of aromatic amines is 1. The van der Waals surface area contributed by atoms with Crippen LogP contribution in [0.3, 0.4) is 0 Å². The minimum atomic E-state index is -0.396. The van der Waals surface area contributed by atoms with Crippen LogP contribution in [0.4, 0.5) is 11.4 Å². The van der Waals surface area contributed by atoms with E-state index in [1.807, 2.05) is 25.1 Å². The van der Waals surface area contributed by atoms with E-state index < -0.39 is 5.97 Å². The maximum Gasteiger partial charge on any atom is 0.338 e. The molecule has 0 aliphatic carbocycles. The van der Waals surface area contributed by atoms with Crippen molar-refractivity contribution < 1.29 is 24.0 Å². The molecular formula is C21H21N2O4+. The van der Waals surface area contributed by atoms with E-state index in [0.717, 1.165) is 28.0 Å². The van der Waals surface area contributed by atoms with Gasteiger partial charge in [-0.1, -0.05) is 6.07 Å². The number of methoxy groups -OCH3 is 1. The van der Waals surface area contributed by atoms with Crippen LogP contribution in [0.15, 0.2) is 48.5 Å². The molecule has 27 heavy (non-hydrogen) atoms. The fourth-order valence-electron chi connectivity index (χ4n) is 2.86. The normalized spacial score (nSPS) is 10.5. The van der Waals surface area contributed by atoms with Crippen LogP contribution in [0.25, 0.3) is 10.9 Å². The Morgan fingerprint density at radius 2 is 1.81 bits per heavy atom. The first-order valence-electron chi connectivity index (χ1n) is 8.61. The molecule has 6 nitrogen and oxygen atoms in total. The number of H-pyrrole nitrogens is 1. The molecule has 3 rings (SSSR count). The van der Waals surface area contributed by atoms with Crippen LogP contribution in [0, 0.1) is 6.92 Å². The van der Waals surface area contributed by atoms with Crippen molar-refractivity contribution in [2.24, 2.45) is 0 Å². The zero-order valence-corrected chi connectivity index (χ0v) is 15.5. The minimum Gasteiger partial charge on any atom is -0.465 e. The molecular weight excluding hydrogens is 344 g/mol. The maximum atomic E-state index is 12.0. The van der Waals surface area contributed by atoms with Gasteiger partial charge in [0.05, 0.1) is 35.9 Å². The number of esters is 2. The largest absolute Gasteiger partial charge is 0.465 e. The van der Waals surface area contributed by atoms with Gasteiger partial charge in [0.2, 0.25) is 5.52 Å². The van der Waals surface area contributed by atoms with E-state index in [1.54, 1.807) is 37.3 Å². The number of anilines is 2. The lowest BCUT2D eigenvalue weighted by Crippen LogP contribution is -2.11. The van der Waals surface area contributed by atoms with Crippen LogP contribution < -0.4 is 10.3 Å². The summed E-state index contributed by atoms with van der Waals surface area (Å²) >= 11 is 0. The Kier molecular flexibility index (Phi) is 5.35. The molecule has 0 unspecified atom stereocenters. The Hall–Kier alpha value is -3.41. The second-order valence-corrected chi connectivity index (χ2v) is 6.04. The standard InChI is InChI=1S/C21H20N2O4/c1-4-27-21(25)14-6-5-7-16(11-14)23-19-10-13(2)22-18-9-8-15(12-17(18)19)20(24)26-3/h5-12H,4H2,1-3H3,(H,22,23)/p+1. The summed E-state index contributed by atoms with van der Waals surface area (Å²) in [5, 5.41) is 4.17. The summed E-state index contributed by atoms with van der Waals surface area (Å²) in [7, 11) is 1.35. The molecule has 1 heterocycles. The lowest BCUT2D eigenvalue weighted by atomic mass is 10.1. The number of aryl methyl sites for hydroxylation is 1. The molecule has 0 saturated heterocycles. The van der Waals surface area contributed by atoms with E-state index in [2.05, 4.69) is 10.3 Å². The number of rotatable bonds is 5. The van der Waals surface area contributed by atoms with Crippen molar-refractivity contribution in [2.45, 2.75) is 13.8 Å². The van der Waals surface area contributed by atoms with Gasteiger partial charge in [-0.15, -0.1) is 0 Å². The highest BCUT2D eigenvalue weighted by atomic mass is 16.5. The van der Waals surface area contributed by atoms with Gasteiger partial charge in [-0.2, -0.15) is 0 Å². The van der Waals surface area contributed by atoms with E-state index in [-0.39, 0.29) is 5.97 Å². The quantitative estimate of drug-likeness (QED) is 0.698. The molecule has 2 aromatic carbocycles. The van der Waals surface area contributed by atoms with E-state index in [4.69, 9.17) is 9.47 Å². The Morgan fingerprint density at radius 1 is 1.04 bits per heavy atom. The van der Waals surface area contributed by atoms with Crippen LogP contribution in [0.1, 0.15) is 33.3 Å². The number of hydrogen-bond acceptors (Lipinski definition) is 5. The monoisotopic (exact) mass is 365 g/mol. The smallest absolute Gasteiger partial charge is 0.338 e. The first-order valence-corrected chi connectivity index (χ1v) is 8.61. The van der Waals surface area contributed by atoms with Gasteiger partial charge in [-0.25, -0.2) is 14.6 Å². The van der Waals surface area contributed by atoms with Crippen molar-refractivity contribution in [3.8, 4) is 0 Å². The van der Waals surface area contributed by atoms with Crippen molar-refractivity contribution >= 4 is 34.2 Å². The summed E-state index contributed by atoms with van der Waals surface area (Å²) in [6, 6.07) is 14.4. The fourth-order valence-corrected chi connectivity index (χ4v) is 2.86. The average Bonchev–Trinajstić information content (AvgIpc) is 2.67. The Morgan fingerprint density at radius 3 is 2.56 bits per heavy atom.